The predicted octanol–water partition coefficient (Wildman–Crippen LogP) is 0.884. The first-order valence-corrected chi connectivity index (χ1v) is 8.51. The number of amides is 2. The highest BCUT2D eigenvalue weighted by atomic mass is 16.4. The van der Waals surface area contributed by atoms with Crippen LogP contribution in [0.5, 0.6) is 0 Å². The lowest BCUT2D eigenvalue weighted by Gasteiger charge is -2.42. The van der Waals surface area contributed by atoms with E-state index in [1.807, 2.05) is 43.0 Å². The van der Waals surface area contributed by atoms with Crippen molar-refractivity contribution in [3.05, 3.63) is 23.9 Å². The van der Waals surface area contributed by atoms with E-state index in [2.05, 4.69) is 15.6 Å². The van der Waals surface area contributed by atoms with Gasteiger partial charge in [-0.15, -0.1) is 0 Å². The van der Waals surface area contributed by atoms with Crippen molar-refractivity contribution in [3.63, 3.8) is 0 Å². The molecule has 3 N–H and O–H groups in total. The zero-order valence-corrected chi connectivity index (χ0v) is 15.0. The van der Waals surface area contributed by atoms with Gasteiger partial charge in [0.2, 0.25) is 0 Å². The summed E-state index contributed by atoms with van der Waals surface area (Å²) in [7, 11) is 3.85. The monoisotopic (exact) mass is 349 g/mol. The number of hydrogen-bond acceptors (Lipinski definition) is 5. The SMILES string of the molecule is CCN(CC(=O)O)C1CC(NC(=O)NCc2ccc(N(C)C)nc2)C1. The number of carbonyl (C=O) groups excluding carboxylic acids is 1. The van der Waals surface area contributed by atoms with Gasteiger partial charge in [0.05, 0.1) is 6.54 Å². The average Bonchev–Trinajstić information content (AvgIpc) is 2.54. The number of aliphatic carboxylic acids is 1. The summed E-state index contributed by atoms with van der Waals surface area (Å²) in [5.41, 5.74) is 0.936. The van der Waals surface area contributed by atoms with Crippen LogP contribution < -0.4 is 15.5 Å². The van der Waals surface area contributed by atoms with E-state index in [9.17, 15) is 9.59 Å². The molecule has 25 heavy (non-hydrogen) atoms. The number of hydrogen-bond donors (Lipinski definition) is 3. The van der Waals surface area contributed by atoms with Gasteiger partial charge in [-0.3, -0.25) is 9.69 Å². The van der Waals surface area contributed by atoms with Crippen LogP contribution in [0.25, 0.3) is 0 Å². The van der Waals surface area contributed by atoms with Crippen molar-refractivity contribution in [1.29, 1.82) is 0 Å². The summed E-state index contributed by atoms with van der Waals surface area (Å²) >= 11 is 0. The average molecular weight is 349 g/mol. The van der Waals surface area contributed by atoms with E-state index in [-0.39, 0.29) is 24.7 Å². The highest BCUT2D eigenvalue weighted by Gasteiger charge is 2.34. The molecule has 0 bridgehead atoms. The largest absolute Gasteiger partial charge is 0.480 e. The molecule has 8 nitrogen and oxygen atoms in total. The van der Waals surface area contributed by atoms with Crippen molar-refractivity contribution < 1.29 is 14.7 Å². The van der Waals surface area contributed by atoms with Gasteiger partial charge in [0.15, 0.2) is 0 Å². The number of nitrogens with one attached hydrogen (secondary N) is 2. The van der Waals surface area contributed by atoms with Gasteiger partial charge >= 0.3 is 12.0 Å². The maximum absolute atomic E-state index is 12.0. The molecule has 2 amide bonds. The van der Waals surface area contributed by atoms with Gasteiger partial charge in [0, 0.05) is 38.9 Å². The molecule has 1 aliphatic rings. The van der Waals surface area contributed by atoms with E-state index in [4.69, 9.17) is 5.11 Å². The first-order valence-electron chi connectivity index (χ1n) is 8.51. The summed E-state index contributed by atoms with van der Waals surface area (Å²) in [5, 5.41) is 14.6. The van der Waals surface area contributed by atoms with Gasteiger partial charge in [-0.1, -0.05) is 13.0 Å². The molecule has 0 aromatic carbocycles. The van der Waals surface area contributed by atoms with Crippen LogP contribution >= 0.6 is 0 Å². The number of aromatic nitrogens is 1. The van der Waals surface area contributed by atoms with Crippen molar-refractivity contribution >= 4 is 17.8 Å². The Morgan fingerprint density at radius 2 is 2.04 bits per heavy atom. The van der Waals surface area contributed by atoms with Crippen LogP contribution in [-0.4, -0.2) is 66.3 Å². The van der Waals surface area contributed by atoms with E-state index in [1.165, 1.54) is 0 Å². The summed E-state index contributed by atoms with van der Waals surface area (Å²) in [5.74, 6) is 0.0560. The quantitative estimate of drug-likeness (QED) is 0.645. The Kier molecular flexibility index (Phi) is 6.58. The lowest BCUT2D eigenvalue weighted by atomic mass is 9.85. The second-order valence-electron chi connectivity index (χ2n) is 6.53. The first kappa shape index (κ1) is 19.0. The number of carboxylic acid groups (broad SMARTS) is 1. The van der Waals surface area contributed by atoms with Gasteiger partial charge in [0.25, 0.3) is 0 Å². The van der Waals surface area contributed by atoms with E-state index in [0.29, 0.717) is 13.1 Å². The summed E-state index contributed by atoms with van der Waals surface area (Å²) in [4.78, 5) is 30.9. The van der Waals surface area contributed by atoms with E-state index in [1.54, 1.807) is 6.20 Å². The second-order valence-corrected chi connectivity index (χ2v) is 6.53. The molecular weight excluding hydrogens is 322 g/mol. The molecule has 0 radical (unpaired) electrons. The van der Waals surface area contributed by atoms with E-state index >= 15 is 0 Å². The van der Waals surface area contributed by atoms with Crippen LogP contribution in [0, 0.1) is 0 Å². The van der Waals surface area contributed by atoms with Crippen molar-refractivity contribution in [3.8, 4) is 0 Å². The Hall–Kier alpha value is -2.35. The molecule has 1 aromatic rings. The fourth-order valence-electron chi connectivity index (χ4n) is 2.88. The maximum Gasteiger partial charge on any atom is 0.317 e. The minimum Gasteiger partial charge on any atom is -0.480 e. The number of anilines is 1. The molecule has 0 aliphatic heterocycles. The molecule has 1 aromatic heterocycles. The van der Waals surface area contributed by atoms with Crippen molar-refractivity contribution in [2.24, 2.45) is 0 Å². The van der Waals surface area contributed by atoms with Crippen LogP contribution in [-0.2, 0) is 11.3 Å². The minimum atomic E-state index is -0.815. The smallest absolute Gasteiger partial charge is 0.317 e. The molecule has 0 unspecified atom stereocenters. The molecule has 8 heteroatoms. The van der Waals surface area contributed by atoms with Gasteiger partial charge in [-0.25, -0.2) is 9.78 Å². The lowest BCUT2D eigenvalue weighted by Crippen LogP contribution is -2.56. The van der Waals surface area contributed by atoms with Gasteiger partial charge in [0.1, 0.15) is 5.82 Å². The minimum absolute atomic E-state index is 0.0516. The summed E-state index contributed by atoms with van der Waals surface area (Å²) in [6.07, 6.45) is 3.32. The fraction of sp³-hybridized carbons (Fsp3) is 0.588. The third kappa shape index (κ3) is 5.60. The standard InChI is InChI=1S/C17H27N5O3/c1-4-22(11-16(23)24)14-7-13(8-14)20-17(25)19-10-12-5-6-15(18-9-12)21(2)3/h5-6,9,13-14H,4,7-8,10-11H2,1-3H3,(H,23,24)(H2,19,20,25). The molecule has 0 saturated heterocycles. The maximum atomic E-state index is 12.0. The first-order chi connectivity index (χ1) is 11.9. The third-order valence-electron chi connectivity index (χ3n) is 4.43. The van der Waals surface area contributed by atoms with Crippen molar-refractivity contribution in [2.45, 2.75) is 38.4 Å². The predicted molar refractivity (Wildman–Crippen MR) is 95.6 cm³/mol. The van der Waals surface area contributed by atoms with Gasteiger partial charge in [-0.2, -0.15) is 0 Å². The highest BCUT2D eigenvalue weighted by Crippen LogP contribution is 2.25. The van der Waals surface area contributed by atoms with Crippen LogP contribution in [0.1, 0.15) is 25.3 Å². The van der Waals surface area contributed by atoms with Gasteiger partial charge < -0.3 is 20.6 Å². The Labute approximate surface area is 148 Å². The topological polar surface area (TPSA) is 97.8 Å². The van der Waals surface area contributed by atoms with Crippen molar-refractivity contribution in [2.75, 3.05) is 32.1 Å². The molecular formula is C17H27N5O3. The number of carbonyl (C=O) groups is 2. The Morgan fingerprint density at radius 3 is 2.56 bits per heavy atom. The molecule has 1 heterocycles. The number of nitrogens with zero attached hydrogens (tertiary/aromatic N) is 3. The molecule has 138 valence electrons. The van der Waals surface area contributed by atoms with E-state index in [0.717, 1.165) is 24.2 Å². The second kappa shape index (κ2) is 8.66. The number of rotatable bonds is 8. The lowest BCUT2D eigenvalue weighted by molar-refractivity contribution is -0.139. The number of likely N-dealkylation sites (N-methyl/N-ethyl adjacent to an activating group) is 1. The summed E-state index contributed by atoms with van der Waals surface area (Å²) < 4.78 is 0. The molecule has 1 saturated carbocycles. The van der Waals surface area contributed by atoms with Crippen LogP contribution in [0.3, 0.4) is 0 Å². The number of urea groups is 1. The Bertz CT molecular complexity index is 584. The molecule has 0 atom stereocenters. The Morgan fingerprint density at radius 1 is 1.32 bits per heavy atom. The molecule has 1 fully saturated rings. The molecule has 1 aliphatic carbocycles. The molecule has 2 rings (SSSR count). The number of carboxylic acids is 1. The van der Waals surface area contributed by atoms with Crippen LogP contribution in [0.15, 0.2) is 18.3 Å². The van der Waals surface area contributed by atoms with Crippen LogP contribution in [0.2, 0.25) is 0 Å². The third-order valence-corrected chi connectivity index (χ3v) is 4.43. The van der Waals surface area contributed by atoms with Gasteiger partial charge in [-0.05, 0) is 31.0 Å². The fourth-order valence-corrected chi connectivity index (χ4v) is 2.88. The van der Waals surface area contributed by atoms with Crippen LogP contribution in [0.4, 0.5) is 10.6 Å². The highest BCUT2D eigenvalue weighted by molar-refractivity contribution is 5.74. The number of pyridine rings is 1. The van der Waals surface area contributed by atoms with Crippen molar-refractivity contribution in [1.82, 2.24) is 20.5 Å². The zero-order valence-electron chi connectivity index (χ0n) is 15.0. The Balaban J connectivity index is 1.69. The zero-order chi connectivity index (χ0) is 18.4. The summed E-state index contributed by atoms with van der Waals surface area (Å²) in [6, 6.07) is 3.97. The normalized spacial score (nSPS) is 19.2. The summed E-state index contributed by atoms with van der Waals surface area (Å²) in [6.45, 7) is 3.12. The molecule has 0 spiro atoms. The van der Waals surface area contributed by atoms with E-state index < -0.39 is 5.97 Å².